The van der Waals surface area contributed by atoms with E-state index in [0.29, 0.717) is 28.4 Å². The van der Waals surface area contributed by atoms with Crippen LogP contribution in [0.2, 0.25) is 0 Å². The molecule has 5 aromatic rings. The number of fused-ring (bicyclic) bond motifs is 2. The van der Waals surface area contributed by atoms with Gasteiger partial charge in [0.1, 0.15) is 0 Å². The normalized spacial score (nSPS) is 11.5. The van der Waals surface area contributed by atoms with Crippen molar-refractivity contribution in [2.75, 3.05) is 0 Å². The van der Waals surface area contributed by atoms with Crippen molar-refractivity contribution >= 4 is 50.4 Å². The van der Waals surface area contributed by atoms with Crippen molar-refractivity contribution in [3.05, 3.63) is 83.4 Å². The molecule has 2 N–H and O–H groups in total. The number of aromatic nitrogens is 3. The van der Waals surface area contributed by atoms with Crippen LogP contribution < -0.4 is 11.2 Å². The van der Waals surface area contributed by atoms with Gasteiger partial charge >= 0.3 is 11.7 Å². The number of aromatic amines is 1. The molecule has 0 radical (unpaired) electrons. The molecule has 4 heterocycles. The Hall–Kier alpha value is -3.43. The van der Waals surface area contributed by atoms with Crippen LogP contribution in [0.5, 0.6) is 0 Å². The second-order valence-corrected chi connectivity index (χ2v) is 8.73. The second-order valence-electron chi connectivity index (χ2n) is 6.96. The maximum absolute atomic E-state index is 13.2. The molecule has 0 saturated carbocycles. The first-order valence-electron chi connectivity index (χ1n) is 9.06. The maximum atomic E-state index is 13.2. The molecule has 0 aliphatic carbocycles. The van der Waals surface area contributed by atoms with Crippen molar-refractivity contribution in [3.63, 3.8) is 0 Å². The minimum absolute atomic E-state index is 0.0915. The summed E-state index contributed by atoms with van der Waals surface area (Å²) in [6.45, 7) is 2.21. The van der Waals surface area contributed by atoms with Crippen molar-refractivity contribution in [2.45, 2.75) is 13.5 Å². The van der Waals surface area contributed by atoms with E-state index in [-0.39, 0.29) is 11.4 Å². The summed E-state index contributed by atoms with van der Waals surface area (Å²) >= 11 is 2.82. The van der Waals surface area contributed by atoms with Crippen molar-refractivity contribution < 1.29 is 9.90 Å². The van der Waals surface area contributed by atoms with Gasteiger partial charge in [0.25, 0.3) is 5.56 Å². The molecule has 0 unspecified atom stereocenters. The third-order valence-electron chi connectivity index (χ3n) is 5.05. The number of hydrogen-bond donors (Lipinski definition) is 2. The maximum Gasteiger partial charge on any atom is 0.354 e. The van der Waals surface area contributed by atoms with Crippen molar-refractivity contribution in [3.8, 4) is 5.69 Å². The van der Waals surface area contributed by atoms with E-state index in [9.17, 15) is 19.5 Å². The van der Waals surface area contributed by atoms with Gasteiger partial charge in [-0.05, 0) is 30.5 Å². The van der Waals surface area contributed by atoms with Gasteiger partial charge in [-0.25, -0.2) is 14.2 Å². The fraction of sp³-hybridized carbons (Fsp3) is 0.0952. The van der Waals surface area contributed by atoms with Gasteiger partial charge in [-0.1, -0.05) is 17.7 Å². The number of carboxylic acid groups (broad SMARTS) is 1. The molecule has 0 saturated heterocycles. The zero-order valence-electron chi connectivity index (χ0n) is 15.7. The summed E-state index contributed by atoms with van der Waals surface area (Å²) in [7, 11) is 0. The number of aromatic carboxylic acids is 1. The quantitative estimate of drug-likeness (QED) is 0.447. The Morgan fingerprint density at radius 2 is 2.00 bits per heavy atom. The summed E-state index contributed by atoms with van der Waals surface area (Å²) in [4.78, 5) is 42.1. The molecule has 4 aromatic heterocycles. The van der Waals surface area contributed by atoms with Crippen LogP contribution in [0.25, 0.3) is 27.5 Å². The summed E-state index contributed by atoms with van der Waals surface area (Å²) < 4.78 is 2.60. The Morgan fingerprint density at radius 1 is 1.17 bits per heavy atom. The van der Waals surface area contributed by atoms with E-state index in [4.69, 9.17) is 0 Å². The van der Waals surface area contributed by atoms with Crippen LogP contribution in [0.15, 0.2) is 56.1 Å². The summed E-state index contributed by atoms with van der Waals surface area (Å²) in [6.07, 6.45) is 0. The minimum Gasteiger partial charge on any atom is -0.477 e. The largest absolute Gasteiger partial charge is 0.477 e. The second kappa shape index (κ2) is 6.82. The zero-order chi connectivity index (χ0) is 21.0. The van der Waals surface area contributed by atoms with E-state index < -0.39 is 17.2 Å². The van der Waals surface area contributed by atoms with Crippen LogP contribution in [-0.2, 0) is 6.54 Å². The first kappa shape index (κ1) is 18.6. The van der Waals surface area contributed by atoms with Crippen LogP contribution in [0.1, 0.15) is 20.9 Å². The predicted molar refractivity (Wildman–Crippen MR) is 119 cm³/mol. The molecule has 5 rings (SSSR count). The molecule has 0 spiro atoms. The number of benzene rings is 1. The van der Waals surface area contributed by atoms with E-state index in [1.54, 1.807) is 15.3 Å². The summed E-state index contributed by atoms with van der Waals surface area (Å²) in [5.74, 6) is -1.20. The Morgan fingerprint density at radius 3 is 2.73 bits per heavy atom. The van der Waals surface area contributed by atoms with Crippen molar-refractivity contribution in [1.29, 1.82) is 0 Å². The van der Waals surface area contributed by atoms with E-state index in [1.807, 2.05) is 42.6 Å². The standard InChI is InChI=1S/C21H15N3O4S2/c1-11-4-5-16-13(7-11)17(18(20(26)27)23(16)8-12-3-2-6-30-12)24-19(25)14-9-29-10-15(14)22-21(24)28/h2-7,9-10H,8H2,1H3,(H,22,28)(H,26,27). The van der Waals surface area contributed by atoms with Crippen LogP contribution in [0.3, 0.4) is 0 Å². The molecule has 0 amide bonds. The highest BCUT2D eigenvalue weighted by molar-refractivity contribution is 7.10. The van der Waals surface area contributed by atoms with Crippen LogP contribution in [0.4, 0.5) is 0 Å². The zero-order valence-corrected chi connectivity index (χ0v) is 17.3. The molecule has 7 nitrogen and oxygen atoms in total. The lowest BCUT2D eigenvalue weighted by atomic mass is 10.1. The molecule has 0 aliphatic rings. The third kappa shape index (κ3) is 2.74. The van der Waals surface area contributed by atoms with Gasteiger partial charge in [0.15, 0.2) is 5.69 Å². The van der Waals surface area contributed by atoms with E-state index in [1.165, 1.54) is 22.7 Å². The lowest BCUT2D eigenvalue weighted by Crippen LogP contribution is -2.34. The molecule has 0 bridgehead atoms. The molecule has 0 aliphatic heterocycles. The molecule has 0 fully saturated rings. The first-order chi connectivity index (χ1) is 14.5. The van der Waals surface area contributed by atoms with E-state index in [0.717, 1.165) is 15.0 Å². The highest BCUT2D eigenvalue weighted by atomic mass is 32.1. The van der Waals surface area contributed by atoms with Gasteiger partial charge in [-0.3, -0.25) is 4.79 Å². The highest BCUT2D eigenvalue weighted by Crippen LogP contribution is 2.31. The number of hydrogen-bond acceptors (Lipinski definition) is 5. The average molecular weight is 438 g/mol. The Labute approximate surface area is 177 Å². The number of nitrogens with one attached hydrogen (secondary N) is 1. The number of carbonyl (C=O) groups is 1. The predicted octanol–water partition coefficient (Wildman–Crippen LogP) is 3.81. The SMILES string of the molecule is Cc1ccc2c(c1)c(-n1c(=O)[nH]c3cscc3c1=O)c(C(=O)O)n2Cc1cccs1. The van der Waals surface area contributed by atoms with Gasteiger partial charge in [-0.2, -0.15) is 0 Å². The Kier molecular flexibility index (Phi) is 4.23. The first-order valence-corrected chi connectivity index (χ1v) is 10.9. The number of H-pyrrole nitrogens is 1. The molecular formula is C21H15N3O4S2. The Balaban J connectivity index is 1.95. The Bertz CT molecular complexity index is 1550. The topological polar surface area (TPSA) is 97.1 Å². The molecule has 30 heavy (non-hydrogen) atoms. The van der Waals surface area contributed by atoms with E-state index in [2.05, 4.69) is 4.98 Å². The average Bonchev–Trinajstić information content (AvgIpc) is 3.42. The highest BCUT2D eigenvalue weighted by Gasteiger charge is 2.27. The number of carboxylic acids is 1. The van der Waals surface area contributed by atoms with Gasteiger partial charge < -0.3 is 14.7 Å². The molecule has 1 aromatic carbocycles. The van der Waals surface area contributed by atoms with Gasteiger partial charge in [0.2, 0.25) is 0 Å². The molecule has 150 valence electrons. The number of nitrogens with zero attached hydrogens (tertiary/aromatic N) is 2. The molecule has 9 heteroatoms. The number of thiophene rings is 2. The van der Waals surface area contributed by atoms with Gasteiger partial charge in [0.05, 0.1) is 28.7 Å². The van der Waals surface area contributed by atoms with E-state index >= 15 is 0 Å². The lowest BCUT2D eigenvalue weighted by molar-refractivity contribution is 0.0686. The third-order valence-corrected chi connectivity index (χ3v) is 6.66. The van der Waals surface area contributed by atoms with Crippen LogP contribution in [0, 0.1) is 6.92 Å². The summed E-state index contributed by atoms with van der Waals surface area (Å²) in [5, 5.41) is 16.3. The number of aryl methyl sites for hydroxylation is 1. The molecule has 0 atom stereocenters. The van der Waals surface area contributed by atoms with Crippen LogP contribution in [-0.4, -0.2) is 25.2 Å². The van der Waals surface area contributed by atoms with Crippen molar-refractivity contribution in [2.24, 2.45) is 0 Å². The fourth-order valence-electron chi connectivity index (χ4n) is 3.76. The van der Waals surface area contributed by atoms with Crippen molar-refractivity contribution in [1.82, 2.24) is 14.1 Å². The summed E-state index contributed by atoms with van der Waals surface area (Å²) in [5.41, 5.74) is 0.803. The summed E-state index contributed by atoms with van der Waals surface area (Å²) in [6, 6.07) is 9.35. The number of rotatable bonds is 4. The van der Waals surface area contributed by atoms with Crippen LogP contribution >= 0.6 is 22.7 Å². The van der Waals surface area contributed by atoms with Gasteiger partial charge in [0, 0.05) is 21.0 Å². The monoisotopic (exact) mass is 437 g/mol. The fourth-order valence-corrected chi connectivity index (χ4v) is 5.21. The minimum atomic E-state index is -1.20. The smallest absolute Gasteiger partial charge is 0.354 e. The van der Waals surface area contributed by atoms with Gasteiger partial charge in [-0.15, -0.1) is 22.7 Å². The lowest BCUT2D eigenvalue weighted by Gasteiger charge is -2.09. The molecular weight excluding hydrogens is 422 g/mol.